The zero-order valence-electron chi connectivity index (χ0n) is 12.0. The van der Waals surface area contributed by atoms with Crippen molar-refractivity contribution in [3.63, 3.8) is 0 Å². The maximum Gasteiger partial charge on any atom is 0.294 e. The number of hydrogen-bond acceptors (Lipinski definition) is 4. The zero-order valence-corrected chi connectivity index (χ0v) is 12.8. The number of fused-ring (bicyclic) bond motifs is 2. The summed E-state index contributed by atoms with van der Waals surface area (Å²) in [5, 5.41) is 0. The van der Waals surface area contributed by atoms with Gasteiger partial charge in [-0.25, -0.2) is 9.97 Å². The fraction of sp³-hybridized carbons (Fsp3) is 0.0667. The lowest BCUT2D eigenvalue weighted by Gasteiger charge is -1.95. The smallest absolute Gasteiger partial charge is 0.294 e. The monoisotopic (exact) mass is 328 g/mol. The van der Waals surface area contributed by atoms with E-state index in [9.17, 15) is 8.42 Å². The third kappa shape index (κ3) is 2.37. The van der Waals surface area contributed by atoms with Crippen LogP contribution >= 0.6 is 0 Å². The number of H-pyrrole nitrogens is 2. The van der Waals surface area contributed by atoms with Crippen LogP contribution in [-0.2, 0) is 10.1 Å². The van der Waals surface area contributed by atoms with E-state index < -0.39 is 10.1 Å². The number of nitrogens with zero attached hydrogens (tertiary/aromatic N) is 2. The second-order valence-electron chi connectivity index (χ2n) is 5.35. The van der Waals surface area contributed by atoms with E-state index >= 15 is 0 Å². The van der Waals surface area contributed by atoms with Crippen molar-refractivity contribution in [2.45, 2.75) is 11.8 Å². The maximum atomic E-state index is 11.2. The molecule has 0 unspecified atom stereocenters. The second-order valence-corrected chi connectivity index (χ2v) is 6.77. The van der Waals surface area contributed by atoms with Gasteiger partial charge in [0.25, 0.3) is 10.1 Å². The lowest BCUT2D eigenvalue weighted by Crippen LogP contribution is -1.97. The third-order valence-electron chi connectivity index (χ3n) is 3.61. The Labute approximate surface area is 131 Å². The highest BCUT2D eigenvalue weighted by atomic mass is 32.2. The van der Waals surface area contributed by atoms with E-state index in [-0.39, 0.29) is 4.90 Å². The lowest BCUT2D eigenvalue weighted by molar-refractivity contribution is 0.483. The van der Waals surface area contributed by atoms with Gasteiger partial charge in [-0.3, -0.25) is 4.55 Å². The zero-order chi connectivity index (χ0) is 16.2. The summed E-state index contributed by atoms with van der Waals surface area (Å²) in [7, 11) is -4.25. The van der Waals surface area contributed by atoms with Crippen molar-refractivity contribution in [3.8, 4) is 11.6 Å². The fourth-order valence-electron chi connectivity index (χ4n) is 2.50. The molecule has 8 heteroatoms. The van der Waals surface area contributed by atoms with Crippen molar-refractivity contribution in [1.82, 2.24) is 19.9 Å². The van der Waals surface area contributed by atoms with Crippen molar-refractivity contribution >= 4 is 32.2 Å². The minimum absolute atomic E-state index is 0.180. The maximum absolute atomic E-state index is 11.2. The predicted octanol–water partition coefficient (Wildman–Crippen LogP) is 2.66. The molecule has 0 saturated heterocycles. The summed E-state index contributed by atoms with van der Waals surface area (Å²) >= 11 is 0. The van der Waals surface area contributed by atoms with Crippen LogP contribution in [-0.4, -0.2) is 32.9 Å². The topological polar surface area (TPSA) is 112 Å². The summed E-state index contributed by atoms with van der Waals surface area (Å²) in [6.45, 7) is 2.00. The standard InChI is InChI=1S/C15H12N4O3S/c1-8-2-4-10-12(6-8)18-14(16-10)15-17-11-5-3-9(23(20,21)22)7-13(11)19-15/h2-7H,1H3,(H,16,18)(H,17,19)(H,20,21,22). The predicted molar refractivity (Wildman–Crippen MR) is 85.7 cm³/mol. The average molecular weight is 328 g/mol. The molecule has 7 nitrogen and oxygen atoms in total. The molecule has 0 fully saturated rings. The number of aryl methyl sites for hydroxylation is 1. The number of rotatable bonds is 2. The summed E-state index contributed by atoms with van der Waals surface area (Å²) in [6.07, 6.45) is 0. The van der Waals surface area contributed by atoms with Crippen LogP contribution in [0.4, 0.5) is 0 Å². The Kier molecular flexibility index (Phi) is 2.81. The van der Waals surface area contributed by atoms with Gasteiger partial charge in [-0.05, 0) is 42.8 Å². The Morgan fingerprint density at radius 2 is 1.48 bits per heavy atom. The van der Waals surface area contributed by atoms with Crippen molar-refractivity contribution in [1.29, 1.82) is 0 Å². The first-order valence-corrected chi connectivity index (χ1v) is 8.28. The average Bonchev–Trinajstić information content (AvgIpc) is 3.08. The van der Waals surface area contributed by atoms with Crippen LogP contribution in [0.5, 0.6) is 0 Å². The molecule has 116 valence electrons. The van der Waals surface area contributed by atoms with Crippen LogP contribution in [0.25, 0.3) is 33.7 Å². The summed E-state index contributed by atoms with van der Waals surface area (Å²) in [5.41, 5.74) is 3.94. The van der Waals surface area contributed by atoms with Crippen LogP contribution in [0.15, 0.2) is 41.3 Å². The molecule has 3 N–H and O–H groups in total. The van der Waals surface area contributed by atoms with Gasteiger partial charge in [-0.1, -0.05) is 6.07 Å². The molecule has 4 rings (SSSR count). The van der Waals surface area contributed by atoms with E-state index in [1.807, 2.05) is 25.1 Å². The summed E-state index contributed by atoms with van der Waals surface area (Å²) < 4.78 is 31.5. The van der Waals surface area contributed by atoms with Crippen molar-refractivity contribution < 1.29 is 13.0 Å². The van der Waals surface area contributed by atoms with E-state index in [0.29, 0.717) is 22.7 Å². The highest BCUT2D eigenvalue weighted by molar-refractivity contribution is 7.85. The van der Waals surface area contributed by atoms with Crippen LogP contribution in [0.1, 0.15) is 5.56 Å². The van der Waals surface area contributed by atoms with E-state index in [0.717, 1.165) is 16.6 Å². The molecule has 0 saturated carbocycles. The van der Waals surface area contributed by atoms with Crippen LogP contribution < -0.4 is 0 Å². The number of hydrogen-bond donors (Lipinski definition) is 3. The van der Waals surface area contributed by atoms with E-state index in [1.54, 1.807) is 0 Å². The molecule has 0 aliphatic heterocycles. The quantitative estimate of drug-likeness (QED) is 0.490. The lowest BCUT2D eigenvalue weighted by atomic mass is 10.2. The van der Waals surface area contributed by atoms with Gasteiger partial charge in [0.1, 0.15) is 0 Å². The molecule has 2 aromatic carbocycles. The Balaban J connectivity index is 1.87. The summed E-state index contributed by atoms with van der Waals surface area (Å²) in [6, 6.07) is 10.1. The van der Waals surface area contributed by atoms with Gasteiger partial charge >= 0.3 is 0 Å². The van der Waals surface area contributed by atoms with Gasteiger partial charge in [-0.2, -0.15) is 8.42 Å². The molecule has 23 heavy (non-hydrogen) atoms. The highest BCUT2D eigenvalue weighted by Crippen LogP contribution is 2.23. The van der Waals surface area contributed by atoms with Gasteiger partial charge in [-0.15, -0.1) is 0 Å². The van der Waals surface area contributed by atoms with Gasteiger partial charge < -0.3 is 9.97 Å². The van der Waals surface area contributed by atoms with Crippen LogP contribution in [0.3, 0.4) is 0 Å². The van der Waals surface area contributed by atoms with Gasteiger partial charge in [0.15, 0.2) is 11.6 Å². The molecule has 0 amide bonds. The largest absolute Gasteiger partial charge is 0.335 e. The number of aromatic nitrogens is 4. The molecular weight excluding hydrogens is 316 g/mol. The molecule has 0 atom stereocenters. The first-order valence-electron chi connectivity index (χ1n) is 6.84. The van der Waals surface area contributed by atoms with Crippen molar-refractivity contribution in [2.24, 2.45) is 0 Å². The minimum Gasteiger partial charge on any atom is -0.335 e. The van der Waals surface area contributed by atoms with Gasteiger partial charge in [0.05, 0.1) is 27.0 Å². The fourth-order valence-corrected chi connectivity index (χ4v) is 3.00. The normalized spacial score (nSPS) is 12.3. The number of imidazole rings is 2. The van der Waals surface area contributed by atoms with Crippen molar-refractivity contribution in [2.75, 3.05) is 0 Å². The van der Waals surface area contributed by atoms with Crippen molar-refractivity contribution in [3.05, 3.63) is 42.0 Å². The molecule has 2 aromatic heterocycles. The van der Waals surface area contributed by atoms with Gasteiger partial charge in [0.2, 0.25) is 0 Å². The van der Waals surface area contributed by atoms with Crippen LogP contribution in [0.2, 0.25) is 0 Å². The summed E-state index contributed by atoms with van der Waals surface area (Å²) in [4.78, 5) is 14.9. The van der Waals surface area contributed by atoms with E-state index in [1.165, 1.54) is 18.2 Å². The molecule has 4 aromatic rings. The van der Waals surface area contributed by atoms with E-state index in [2.05, 4.69) is 19.9 Å². The SMILES string of the molecule is Cc1ccc2nc(-c3nc4ccc(S(=O)(=O)O)cc4[nH]3)[nH]c2c1. The molecule has 0 aliphatic rings. The third-order valence-corrected chi connectivity index (χ3v) is 4.46. The Hall–Kier alpha value is -2.71. The first kappa shape index (κ1) is 13.9. The minimum atomic E-state index is -4.25. The number of benzene rings is 2. The molecule has 0 spiro atoms. The molecule has 2 heterocycles. The Morgan fingerprint density at radius 3 is 2.09 bits per heavy atom. The first-order chi connectivity index (χ1) is 10.9. The highest BCUT2D eigenvalue weighted by Gasteiger charge is 2.14. The number of aromatic amines is 2. The molecular formula is C15H12N4O3S. The van der Waals surface area contributed by atoms with E-state index in [4.69, 9.17) is 4.55 Å². The Bertz CT molecular complexity index is 1160. The van der Waals surface area contributed by atoms with Gasteiger partial charge in [0, 0.05) is 0 Å². The van der Waals surface area contributed by atoms with Crippen LogP contribution in [0, 0.1) is 6.92 Å². The second kappa shape index (κ2) is 4.64. The molecule has 0 aliphatic carbocycles. The molecule has 0 radical (unpaired) electrons. The molecule has 0 bridgehead atoms. The number of nitrogens with one attached hydrogen (secondary N) is 2. The summed E-state index contributed by atoms with van der Waals surface area (Å²) in [5.74, 6) is 1.07. The Morgan fingerprint density at radius 1 is 0.913 bits per heavy atom.